The molecular formula is C11H22N2O3. The van der Waals surface area contributed by atoms with E-state index in [4.69, 9.17) is 5.11 Å². The van der Waals surface area contributed by atoms with Crippen LogP contribution >= 0.6 is 0 Å². The van der Waals surface area contributed by atoms with Crippen LogP contribution in [-0.2, 0) is 9.59 Å². The molecule has 0 aliphatic rings. The van der Waals surface area contributed by atoms with Crippen LogP contribution < -0.4 is 0 Å². The molecular weight excluding hydrogens is 208 g/mol. The van der Waals surface area contributed by atoms with Crippen molar-refractivity contribution < 1.29 is 14.7 Å². The molecule has 0 spiro atoms. The van der Waals surface area contributed by atoms with E-state index in [9.17, 15) is 9.59 Å². The van der Waals surface area contributed by atoms with E-state index < -0.39 is 12.4 Å². The first-order valence-electron chi connectivity index (χ1n) is 5.47. The summed E-state index contributed by atoms with van der Waals surface area (Å²) in [5, 5.41) is 8.59. The van der Waals surface area contributed by atoms with E-state index in [1.165, 1.54) is 0 Å². The van der Waals surface area contributed by atoms with Crippen LogP contribution in [0.3, 0.4) is 0 Å². The largest absolute Gasteiger partial charge is 0.481 e. The van der Waals surface area contributed by atoms with Crippen molar-refractivity contribution in [2.75, 3.05) is 33.7 Å². The van der Waals surface area contributed by atoms with Crippen LogP contribution in [0.15, 0.2) is 0 Å². The molecule has 0 rings (SSSR count). The molecule has 5 nitrogen and oxygen atoms in total. The van der Waals surface area contributed by atoms with Gasteiger partial charge in [-0.25, -0.2) is 0 Å². The van der Waals surface area contributed by atoms with Gasteiger partial charge in [0.25, 0.3) is 0 Å². The van der Waals surface area contributed by atoms with Gasteiger partial charge < -0.3 is 14.9 Å². The number of hydrogen-bond donors (Lipinski definition) is 1. The van der Waals surface area contributed by atoms with Gasteiger partial charge in [-0.1, -0.05) is 13.8 Å². The fourth-order valence-electron chi connectivity index (χ4n) is 1.32. The first-order chi connectivity index (χ1) is 7.32. The minimum atomic E-state index is -1.07. The predicted octanol–water partition coefficient (Wildman–Crippen LogP) is 0.507. The van der Waals surface area contributed by atoms with Gasteiger partial charge in [-0.05, 0) is 20.0 Å². The lowest BCUT2D eigenvalue weighted by atomic mass is 10.2. The van der Waals surface area contributed by atoms with E-state index in [1.807, 2.05) is 32.8 Å². The third-order valence-corrected chi connectivity index (χ3v) is 2.06. The molecule has 0 heterocycles. The number of carboxylic acids is 1. The maximum Gasteiger partial charge on any atom is 0.312 e. The molecule has 0 aromatic carbocycles. The van der Waals surface area contributed by atoms with E-state index in [2.05, 4.69) is 0 Å². The van der Waals surface area contributed by atoms with Gasteiger partial charge in [0.1, 0.15) is 6.42 Å². The van der Waals surface area contributed by atoms with Crippen LogP contribution in [0, 0.1) is 5.92 Å². The summed E-state index contributed by atoms with van der Waals surface area (Å²) in [5.41, 5.74) is 0. The van der Waals surface area contributed by atoms with Crippen LogP contribution in [0.1, 0.15) is 20.3 Å². The maximum atomic E-state index is 11.6. The monoisotopic (exact) mass is 230 g/mol. The number of nitrogens with zero attached hydrogens (tertiary/aromatic N) is 2. The van der Waals surface area contributed by atoms with Crippen molar-refractivity contribution in [3.05, 3.63) is 0 Å². The summed E-state index contributed by atoms with van der Waals surface area (Å²) in [6.07, 6.45) is -0.417. The highest BCUT2D eigenvalue weighted by molar-refractivity contribution is 5.93. The van der Waals surface area contributed by atoms with E-state index in [0.717, 1.165) is 6.54 Å². The van der Waals surface area contributed by atoms with Crippen molar-refractivity contribution in [1.82, 2.24) is 9.80 Å². The number of hydrogen-bond acceptors (Lipinski definition) is 3. The van der Waals surface area contributed by atoms with Gasteiger partial charge in [-0.15, -0.1) is 0 Å². The average Bonchev–Trinajstić information content (AvgIpc) is 2.09. The summed E-state index contributed by atoms with van der Waals surface area (Å²) in [5.74, 6) is -1.02. The molecule has 0 saturated carbocycles. The Morgan fingerprint density at radius 3 is 2.12 bits per heavy atom. The van der Waals surface area contributed by atoms with E-state index in [1.54, 1.807) is 4.90 Å². The second kappa shape index (κ2) is 7.22. The molecule has 0 bridgehead atoms. The van der Waals surface area contributed by atoms with E-state index in [-0.39, 0.29) is 5.91 Å². The second-order valence-corrected chi connectivity index (χ2v) is 4.61. The molecule has 0 aromatic heterocycles. The van der Waals surface area contributed by atoms with Crippen molar-refractivity contribution in [1.29, 1.82) is 0 Å². The number of amides is 1. The summed E-state index contributed by atoms with van der Waals surface area (Å²) in [4.78, 5) is 25.7. The first kappa shape index (κ1) is 14.9. The molecule has 0 aromatic rings. The SMILES string of the molecule is CC(C)CN(CCN(C)C)C(=O)CC(=O)O. The maximum absolute atomic E-state index is 11.6. The normalized spacial score (nSPS) is 10.9. The second-order valence-electron chi connectivity index (χ2n) is 4.61. The van der Waals surface area contributed by atoms with Crippen molar-refractivity contribution in [3.63, 3.8) is 0 Å². The van der Waals surface area contributed by atoms with Crippen LogP contribution in [0.5, 0.6) is 0 Å². The highest BCUT2D eigenvalue weighted by Gasteiger charge is 2.17. The summed E-state index contributed by atoms with van der Waals surface area (Å²) in [6.45, 7) is 5.96. The molecule has 0 aliphatic carbocycles. The fraction of sp³-hybridized carbons (Fsp3) is 0.818. The number of aliphatic carboxylic acids is 1. The molecule has 5 heteroatoms. The zero-order valence-electron chi connectivity index (χ0n) is 10.6. The molecule has 94 valence electrons. The minimum absolute atomic E-state index is 0.303. The van der Waals surface area contributed by atoms with Gasteiger partial charge in [0.2, 0.25) is 5.91 Å². The molecule has 0 atom stereocenters. The standard InChI is InChI=1S/C11H22N2O3/c1-9(2)8-13(6-5-12(3)4)10(14)7-11(15)16/h9H,5-8H2,1-4H3,(H,15,16). The highest BCUT2D eigenvalue weighted by atomic mass is 16.4. The Hall–Kier alpha value is -1.10. The molecule has 0 aliphatic heterocycles. The van der Waals surface area contributed by atoms with E-state index >= 15 is 0 Å². The molecule has 0 radical (unpaired) electrons. The molecule has 1 amide bonds. The summed E-state index contributed by atoms with van der Waals surface area (Å²) in [6, 6.07) is 0. The molecule has 0 saturated heterocycles. The number of carboxylic acid groups (broad SMARTS) is 1. The average molecular weight is 230 g/mol. The highest BCUT2D eigenvalue weighted by Crippen LogP contribution is 2.02. The van der Waals surface area contributed by atoms with Crippen LogP contribution in [-0.4, -0.2) is 60.5 Å². The lowest BCUT2D eigenvalue weighted by molar-refractivity contribution is -0.144. The molecule has 1 N–H and O–H groups in total. The van der Waals surface area contributed by atoms with E-state index in [0.29, 0.717) is 19.0 Å². The Balaban J connectivity index is 4.28. The van der Waals surface area contributed by atoms with Gasteiger partial charge in [-0.3, -0.25) is 9.59 Å². The third-order valence-electron chi connectivity index (χ3n) is 2.06. The molecule has 0 unspecified atom stereocenters. The number of rotatable bonds is 7. The van der Waals surface area contributed by atoms with Gasteiger partial charge in [0, 0.05) is 19.6 Å². The zero-order chi connectivity index (χ0) is 12.7. The number of likely N-dealkylation sites (N-methyl/N-ethyl adjacent to an activating group) is 1. The lowest BCUT2D eigenvalue weighted by Crippen LogP contribution is -2.39. The summed E-state index contributed by atoms with van der Waals surface area (Å²) >= 11 is 0. The third kappa shape index (κ3) is 7.23. The van der Waals surface area contributed by atoms with Crippen molar-refractivity contribution in [3.8, 4) is 0 Å². The van der Waals surface area contributed by atoms with Gasteiger partial charge >= 0.3 is 5.97 Å². The number of carbonyl (C=O) groups is 2. The molecule has 16 heavy (non-hydrogen) atoms. The van der Waals surface area contributed by atoms with Crippen molar-refractivity contribution in [2.45, 2.75) is 20.3 Å². The Morgan fingerprint density at radius 1 is 1.19 bits per heavy atom. The van der Waals surface area contributed by atoms with Gasteiger partial charge in [0.05, 0.1) is 0 Å². The smallest absolute Gasteiger partial charge is 0.312 e. The number of carbonyl (C=O) groups excluding carboxylic acids is 1. The topological polar surface area (TPSA) is 60.9 Å². The first-order valence-corrected chi connectivity index (χ1v) is 5.47. The quantitative estimate of drug-likeness (QED) is 0.647. The zero-order valence-corrected chi connectivity index (χ0v) is 10.6. The lowest BCUT2D eigenvalue weighted by Gasteiger charge is -2.25. The van der Waals surface area contributed by atoms with Crippen LogP contribution in [0.25, 0.3) is 0 Å². The van der Waals surface area contributed by atoms with Gasteiger partial charge in [0.15, 0.2) is 0 Å². The fourth-order valence-corrected chi connectivity index (χ4v) is 1.32. The Morgan fingerprint density at radius 2 is 1.75 bits per heavy atom. The summed E-state index contributed by atoms with van der Waals surface area (Å²) < 4.78 is 0. The Labute approximate surface area is 97.0 Å². The Bertz CT molecular complexity index is 239. The van der Waals surface area contributed by atoms with Crippen LogP contribution in [0.2, 0.25) is 0 Å². The molecule has 0 fully saturated rings. The van der Waals surface area contributed by atoms with Crippen LogP contribution in [0.4, 0.5) is 0 Å². The summed E-state index contributed by atoms with van der Waals surface area (Å²) in [7, 11) is 3.85. The van der Waals surface area contributed by atoms with Crippen molar-refractivity contribution >= 4 is 11.9 Å². The minimum Gasteiger partial charge on any atom is -0.481 e. The predicted molar refractivity (Wildman–Crippen MR) is 62.2 cm³/mol. The van der Waals surface area contributed by atoms with Crippen molar-refractivity contribution in [2.24, 2.45) is 5.92 Å². The van der Waals surface area contributed by atoms with Gasteiger partial charge in [-0.2, -0.15) is 0 Å². The Kier molecular flexibility index (Phi) is 6.72.